The van der Waals surface area contributed by atoms with Crippen molar-refractivity contribution in [2.24, 2.45) is 0 Å². The smallest absolute Gasteiger partial charge is 0.0456 e. The van der Waals surface area contributed by atoms with Gasteiger partial charge in [-0.3, -0.25) is 0 Å². The van der Waals surface area contributed by atoms with E-state index in [-0.39, 0.29) is 5.41 Å². The molecule has 0 saturated heterocycles. The summed E-state index contributed by atoms with van der Waals surface area (Å²) in [6.45, 7) is 6.80. The fourth-order valence-corrected chi connectivity index (χ4v) is 2.24. The monoisotopic (exact) mass is 213 g/mol. The Labute approximate surface area is 96.9 Å². The van der Waals surface area contributed by atoms with E-state index in [0.717, 1.165) is 5.92 Å². The maximum Gasteiger partial charge on any atom is 0.0456 e. The molecular formula is C15H19N. The van der Waals surface area contributed by atoms with Crippen LogP contribution in [0.2, 0.25) is 0 Å². The molecule has 2 aromatic rings. The first-order valence-corrected chi connectivity index (χ1v) is 6.17. The van der Waals surface area contributed by atoms with Crippen molar-refractivity contribution >= 4 is 10.9 Å². The van der Waals surface area contributed by atoms with Gasteiger partial charge in [0, 0.05) is 11.2 Å². The van der Waals surface area contributed by atoms with Crippen LogP contribution in [-0.4, -0.2) is 4.98 Å². The minimum Gasteiger partial charge on any atom is -0.358 e. The van der Waals surface area contributed by atoms with Crippen LogP contribution in [-0.2, 0) is 5.41 Å². The van der Waals surface area contributed by atoms with Crippen LogP contribution in [0.25, 0.3) is 10.9 Å². The van der Waals surface area contributed by atoms with Crippen LogP contribution in [0, 0.1) is 0 Å². The fraction of sp³-hybridized carbons (Fsp3) is 0.467. The SMILES string of the molecule is CC(C)(C)c1ccc2[nH]c(C3CC3)cc2c1. The highest BCUT2D eigenvalue weighted by Gasteiger charge is 2.25. The van der Waals surface area contributed by atoms with Gasteiger partial charge in [0.05, 0.1) is 0 Å². The average Bonchev–Trinajstić information content (AvgIpc) is 2.96. The summed E-state index contributed by atoms with van der Waals surface area (Å²) >= 11 is 0. The molecule has 1 aromatic heterocycles. The summed E-state index contributed by atoms with van der Waals surface area (Å²) in [5.74, 6) is 0.811. The molecule has 0 amide bonds. The second-order valence-corrected chi connectivity index (χ2v) is 6.05. The quantitative estimate of drug-likeness (QED) is 0.725. The maximum absolute atomic E-state index is 3.54. The summed E-state index contributed by atoms with van der Waals surface area (Å²) in [6, 6.07) is 9.14. The topological polar surface area (TPSA) is 15.8 Å². The summed E-state index contributed by atoms with van der Waals surface area (Å²) in [5, 5.41) is 1.37. The first-order chi connectivity index (χ1) is 7.54. The lowest BCUT2D eigenvalue weighted by Crippen LogP contribution is -2.10. The molecule has 1 saturated carbocycles. The van der Waals surface area contributed by atoms with Crippen molar-refractivity contribution in [3.8, 4) is 0 Å². The van der Waals surface area contributed by atoms with E-state index >= 15 is 0 Å². The predicted octanol–water partition coefficient (Wildman–Crippen LogP) is 4.34. The van der Waals surface area contributed by atoms with Gasteiger partial charge in [-0.05, 0) is 53.3 Å². The van der Waals surface area contributed by atoms with Crippen molar-refractivity contribution in [1.82, 2.24) is 4.98 Å². The number of hydrogen-bond donors (Lipinski definition) is 1. The Kier molecular flexibility index (Phi) is 1.95. The van der Waals surface area contributed by atoms with E-state index in [1.165, 1.54) is 35.0 Å². The van der Waals surface area contributed by atoms with Crippen LogP contribution in [0.3, 0.4) is 0 Å². The molecule has 1 aliphatic carbocycles. The van der Waals surface area contributed by atoms with E-state index < -0.39 is 0 Å². The summed E-state index contributed by atoms with van der Waals surface area (Å²) in [5.41, 5.74) is 4.38. The van der Waals surface area contributed by atoms with E-state index in [1.54, 1.807) is 0 Å². The molecule has 0 radical (unpaired) electrons. The molecule has 0 aliphatic heterocycles. The number of benzene rings is 1. The molecule has 1 nitrogen and oxygen atoms in total. The van der Waals surface area contributed by atoms with Gasteiger partial charge in [0.2, 0.25) is 0 Å². The highest BCUT2D eigenvalue weighted by Crippen LogP contribution is 2.40. The zero-order valence-electron chi connectivity index (χ0n) is 10.3. The normalized spacial score (nSPS) is 16.9. The Balaban J connectivity index is 2.10. The number of nitrogens with one attached hydrogen (secondary N) is 1. The summed E-state index contributed by atoms with van der Waals surface area (Å²) in [7, 11) is 0. The van der Waals surface area contributed by atoms with Crippen molar-refractivity contribution < 1.29 is 0 Å². The van der Waals surface area contributed by atoms with Crippen molar-refractivity contribution in [2.75, 3.05) is 0 Å². The minimum atomic E-state index is 0.241. The highest BCUT2D eigenvalue weighted by molar-refractivity contribution is 5.81. The highest BCUT2D eigenvalue weighted by atomic mass is 14.7. The van der Waals surface area contributed by atoms with Gasteiger partial charge in [0.15, 0.2) is 0 Å². The predicted molar refractivity (Wildman–Crippen MR) is 69.0 cm³/mol. The van der Waals surface area contributed by atoms with E-state index in [9.17, 15) is 0 Å². The molecular weight excluding hydrogens is 194 g/mol. The lowest BCUT2D eigenvalue weighted by Gasteiger charge is -2.18. The molecule has 1 aromatic carbocycles. The van der Waals surface area contributed by atoms with Crippen molar-refractivity contribution in [3.05, 3.63) is 35.5 Å². The first-order valence-electron chi connectivity index (χ1n) is 6.17. The molecule has 16 heavy (non-hydrogen) atoms. The van der Waals surface area contributed by atoms with Gasteiger partial charge in [-0.15, -0.1) is 0 Å². The molecule has 1 N–H and O–H groups in total. The molecule has 0 spiro atoms. The second-order valence-electron chi connectivity index (χ2n) is 6.05. The van der Waals surface area contributed by atoms with E-state index in [2.05, 4.69) is 50.0 Å². The van der Waals surface area contributed by atoms with E-state index in [0.29, 0.717) is 0 Å². The van der Waals surface area contributed by atoms with E-state index in [1.807, 2.05) is 0 Å². The molecule has 3 rings (SSSR count). The number of rotatable bonds is 1. The molecule has 0 bridgehead atoms. The van der Waals surface area contributed by atoms with Crippen LogP contribution in [0.4, 0.5) is 0 Å². The standard InChI is InChI=1S/C15H19N/c1-15(2,3)12-6-7-13-11(8-12)9-14(16-13)10-4-5-10/h6-10,16H,4-5H2,1-3H3. The molecule has 1 fully saturated rings. The third-order valence-corrected chi connectivity index (χ3v) is 3.52. The number of hydrogen-bond acceptors (Lipinski definition) is 0. The Morgan fingerprint density at radius 3 is 2.50 bits per heavy atom. The largest absolute Gasteiger partial charge is 0.358 e. The third-order valence-electron chi connectivity index (χ3n) is 3.52. The third kappa shape index (κ3) is 1.64. The zero-order chi connectivity index (χ0) is 11.3. The molecule has 0 atom stereocenters. The Morgan fingerprint density at radius 2 is 1.88 bits per heavy atom. The van der Waals surface area contributed by atoms with Crippen LogP contribution in [0.15, 0.2) is 24.3 Å². The molecule has 1 heterocycles. The summed E-state index contributed by atoms with van der Waals surface area (Å²) < 4.78 is 0. The van der Waals surface area contributed by atoms with Crippen LogP contribution in [0.1, 0.15) is 50.8 Å². The van der Waals surface area contributed by atoms with Crippen molar-refractivity contribution in [2.45, 2.75) is 44.9 Å². The van der Waals surface area contributed by atoms with Crippen LogP contribution in [0.5, 0.6) is 0 Å². The van der Waals surface area contributed by atoms with Gasteiger partial charge in [0.25, 0.3) is 0 Å². The first kappa shape index (κ1) is 9.95. The summed E-state index contributed by atoms with van der Waals surface area (Å²) in [6.07, 6.45) is 2.72. The lowest BCUT2D eigenvalue weighted by atomic mass is 9.86. The van der Waals surface area contributed by atoms with Gasteiger partial charge in [0.1, 0.15) is 0 Å². The minimum absolute atomic E-state index is 0.241. The number of aromatic nitrogens is 1. The average molecular weight is 213 g/mol. The van der Waals surface area contributed by atoms with Crippen LogP contribution >= 0.6 is 0 Å². The Bertz CT molecular complexity index is 524. The number of aromatic amines is 1. The fourth-order valence-electron chi connectivity index (χ4n) is 2.24. The number of H-pyrrole nitrogens is 1. The molecule has 84 valence electrons. The summed E-state index contributed by atoms with van der Waals surface area (Å²) in [4.78, 5) is 3.54. The molecule has 1 aliphatic rings. The van der Waals surface area contributed by atoms with Gasteiger partial charge in [-0.25, -0.2) is 0 Å². The molecule has 0 unspecified atom stereocenters. The van der Waals surface area contributed by atoms with Gasteiger partial charge in [-0.1, -0.05) is 26.8 Å². The van der Waals surface area contributed by atoms with E-state index in [4.69, 9.17) is 0 Å². The second kappa shape index (κ2) is 3.13. The Morgan fingerprint density at radius 1 is 1.12 bits per heavy atom. The van der Waals surface area contributed by atoms with Crippen LogP contribution < -0.4 is 0 Å². The molecule has 1 heteroatoms. The number of fused-ring (bicyclic) bond motifs is 1. The lowest BCUT2D eigenvalue weighted by molar-refractivity contribution is 0.591. The zero-order valence-corrected chi connectivity index (χ0v) is 10.3. The van der Waals surface area contributed by atoms with Crippen molar-refractivity contribution in [3.63, 3.8) is 0 Å². The van der Waals surface area contributed by atoms with Gasteiger partial charge >= 0.3 is 0 Å². The maximum atomic E-state index is 3.54. The Hall–Kier alpha value is -1.24. The van der Waals surface area contributed by atoms with Crippen molar-refractivity contribution in [1.29, 1.82) is 0 Å². The van der Waals surface area contributed by atoms with Gasteiger partial charge in [-0.2, -0.15) is 0 Å². The van der Waals surface area contributed by atoms with Gasteiger partial charge < -0.3 is 4.98 Å².